The third-order valence-electron chi connectivity index (χ3n) is 18.5. The molecule has 0 bridgehead atoms. The molecule has 0 heterocycles. The molecule has 0 aromatic carbocycles. The fraction of sp³-hybridized carbons (Fsp3) is 0.924. The monoisotopic (exact) mass is 1200 g/mol. The average Bonchev–Trinajstić information content (AvgIpc) is 3.51. The van der Waals surface area contributed by atoms with E-state index < -0.39 is 12.1 Å². The Balaban J connectivity index is 3.40. The maximum atomic E-state index is 12.6. The van der Waals surface area contributed by atoms with Gasteiger partial charge in [-0.15, -0.1) is 0 Å². The lowest BCUT2D eigenvalue weighted by atomic mass is 10.0. The topological polar surface area (TPSA) is 95.9 Å². The summed E-state index contributed by atoms with van der Waals surface area (Å²) in [6, 6.07) is -0.544. The number of hydrogen-bond donors (Lipinski definition) is 3. The average molecular weight is 1200 g/mol. The number of esters is 1. The van der Waals surface area contributed by atoms with Crippen molar-refractivity contribution in [2.75, 3.05) is 13.2 Å². The first-order valence-corrected chi connectivity index (χ1v) is 39.1. The molecule has 0 aliphatic carbocycles. The van der Waals surface area contributed by atoms with E-state index in [4.69, 9.17) is 4.74 Å². The van der Waals surface area contributed by atoms with Crippen molar-refractivity contribution in [1.82, 2.24) is 5.32 Å². The van der Waals surface area contributed by atoms with Crippen LogP contribution in [0.4, 0.5) is 0 Å². The third-order valence-corrected chi connectivity index (χ3v) is 18.5. The van der Waals surface area contributed by atoms with E-state index in [-0.39, 0.29) is 18.5 Å². The minimum Gasteiger partial charge on any atom is -0.466 e. The molecule has 0 aliphatic rings. The second-order valence-corrected chi connectivity index (χ2v) is 27.0. The molecule has 0 spiro atoms. The maximum absolute atomic E-state index is 12.6. The van der Waals surface area contributed by atoms with Crippen LogP contribution in [0.2, 0.25) is 0 Å². The number of allylic oxidation sites excluding steroid dienone is 4. The Kier molecular flexibility index (Phi) is 73.3. The predicted molar refractivity (Wildman–Crippen MR) is 375 cm³/mol. The second kappa shape index (κ2) is 74.8. The molecule has 0 radical (unpaired) electrons. The zero-order chi connectivity index (χ0) is 61.3. The van der Waals surface area contributed by atoms with Crippen LogP contribution in [0.1, 0.15) is 444 Å². The number of unbranched alkanes of at least 4 members (excludes halogenated alkanes) is 59. The Morgan fingerprint density at radius 1 is 0.329 bits per heavy atom. The molecule has 6 heteroatoms. The van der Waals surface area contributed by atoms with E-state index in [0.717, 1.165) is 44.9 Å². The number of nitrogens with one attached hydrogen (secondary N) is 1. The fourth-order valence-corrected chi connectivity index (χ4v) is 12.6. The van der Waals surface area contributed by atoms with Gasteiger partial charge in [-0.3, -0.25) is 9.59 Å². The Morgan fingerprint density at radius 2 is 0.588 bits per heavy atom. The van der Waals surface area contributed by atoms with Crippen molar-refractivity contribution in [1.29, 1.82) is 0 Å². The SMILES string of the molecule is CCCCCCCCCCCCCCCCCCCCCCCCCCCC(O)C(CO)NC(=O)CCCCCCCCCCCCCCC/C=C\C/C=C\CCCCCCCCCCCOC(=O)CCCCCCCCCCCCCCCC. The lowest BCUT2D eigenvalue weighted by molar-refractivity contribution is -0.143. The van der Waals surface area contributed by atoms with Crippen LogP contribution >= 0.6 is 0 Å². The predicted octanol–water partition coefficient (Wildman–Crippen LogP) is 25.7. The second-order valence-electron chi connectivity index (χ2n) is 27.0. The molecule has 0 aromatic rings. The number of amides is 1. The summed E-state index contributed by atoms with van der Waals surface area (Å²) in [4.78, 5) is 24.6. The maximum Gasteiger partial charge on any atom is 0.305 e. The molecule has 0 aromatic heterocycles. The van der Waals surface area contributed by atoms with Gasteiger partial charge in [0.15, 0.2) is 0 Å². The lowest BCUT2D eigenvalue weighted by Crippen LogP contribution is -2.45. The van der Waals surface area contributed by atoms with Crippen molar-refractivity contribution in [2.45, 2.75) is 456 Å². The van der Waals surface area contributed by atoms with Gasteiger partial charge in [0.1, 0.15) is 0 Å². The number of carbonyl (C=O) groups excluding carboxylic acids is 2. The number of ether oxygens (including phenoxy) is 1. The van der Waals surface area contributed by atoms with Crippen molar-refractivity contribution in [3.05, 3.63) is 24.3 Å². The zero-order valence-electron chi connectivity index (χ0n) is 57.9. The molecule has 0 saturated heterocycles. The molecule has 2 atom stereocenters. The van der Waals surface area contributed by atoms with Crippen LogP contribution in [0.3, 0.4) is 0 Å². The van der Waals surface area contributed by atoms with Crippen molar-refractivity contribution in [3.63, 3.8) is 0 Å². The Labute approximate surface area is 532 Å². The van der Waals surface area contributed by atoms with Gasteiger partial charge in [-0.2, -0.15) is 0 Å². The molecule has 0 aliphatic heterocycles. The standard InChI is InChI=1S/C79H153NO5/c1-3-5-7-9-11-13-15-17-19-20-21-22-23-29-32-35-38-41-44-47-51-55-59-63-67-71-77(82)76(75-81)80-78(83)72-68-64-60-56-52-48-45-42-39-36-33-30-27-25-24-26-28-31-34-37-40-43-46-50-54-58-62-66-70-74-85-79(84)73-69-65-61-57-53-49-18-16-14-12-10-8-6-4-2/h24,26,31,34,76-77,81-82H,3-23,25,27-30,32-33,35-75H2,1-2H3,(H,80,83)/b26-24-,34-31-. The number of hydrogen-bond acceptors (Lipinski definition) is 5. The van der Waals surface area contributed by atoms with E-state index >= 15 is 0 Å². The van der Waals surface area contributed by atoms with Crippen LogP contribution < -0.4 is 5.32 Å². The first-order valence-electron chi connectivity index (χ1n) is 39.1. The van der Waals surface area contributed by atoms with E-state index in [1.54, 1.807) is 0 Å². The number of aliphatic hydroxyl groups is 2. The number of aliphatic hydroxyl groups excluding tert-OH is 2. The highest BCUT2D eigenvalue weighted by molar-refractivity contribution is 5.76. The van der Waals surface area contributed by atoms with Crippen LogP contribution in [0.25, 0.3) is 0 Å². The van der Waals surface area contributed by atoms with Crippen molar-refractivity contribution >= 4 is 11.9 Å². The van der Waals surface area contributed by atoms with E-state index in [1.165, 1.54) is 366 Å². The molecule has 2 unspecified atom stereocenters. The molecule has 1 amide bonds. The fourth-order valence-electron chi connectivity index (χ4n) is 12.6. The van der Waals surface area contributed by atoms with Crippen molar-refractivity contribution in [2.24, 2.45) is 0 Å². The van der Waals surface area contributed by atoms with E-state index in [2.05, 4.69) is 43.5 Å². The summed E-state index contributed by atoms with van der Waals surface area (Å²) in [6.07, 6.45) is 95.4. The molecule has 6 nitrogen and oxygen atoms in total. The molecule has 0 fully saturated rings. The van der Waals surface area contributed by atoms with Crippen LogP contribution in [0.15, 0.2) is 24.3 Å². The van der Waals surface area contributed by atoms with Crippen LogP contribution in [0.5, 0.6) is 0 Å². The summed E-state index contributed by atoms with van der Waals surface area (Å²) >= 11 is 0. The summed E-state index contributed by atoms with van der Waals surface area (Å²) in [5.41, 5.74) is 0. The first-order chi connectivity index (χ1) is 42.0. The van der Waals surface area contributed by atoms with Gasteiger partial charge < -0.3 is 20.3 Å². The zero-order valence-corrected chi connectivity index (χ0v) is 57.9. The third kappa shape index (κ3) is 71.3. The molecule has 0 rings (SSSR count). The number of rotatable bonds is 74. The van der Waals surface area contributed by atoms with Gasteiger partial charge in [0.2, 0.25) is 5.91 Å². The van der Waals surface area contributed by atoms with Gasteiger partial charge >= 0.3 is 5.97 Å². The summed E-state index contributed by atoms with van der Waals surface area (Å²) in [6.45, 7) is 5.00. The quantitative estimate of drug-likeness (QED) is 0.0320. The van der Waals surface area contributed by atoms with E-state index in [9.17, 15) is 19.8 Å². The van der Waals surface area contributed by atoms with Gasteiger partial charge in [-0.1, -0.05) is 398 Å². The van der Waals surface area contributed by atoms with Gasteiger partial charge in [0, 0.05) is 12.8 Å². The van der Waals surface area contributed by atoms with E-state index in [1.807, 2.05) is 0 Å². The highest BCUT2D eigenvalue weighted by atomic mass is 16.5. The van der Waals surface area contributed by atoms with Crippen LogP contribution in [-0.4, -0.2) is 47.4 Å². The normalized spacial score (nSPS) is 12.6. The molecule has 0 saturated carbocycles. The van der Waals surface area contributed by atoms with E-state index in [0.29, 0.717) is 25.9 Å². The van der Waals surface area contributed by atoms with Crippen molar-refractivity contribution < 1.29 is 24.5 Å². The van der Waals surface area contributed by atoms with Gasteiger partial charge in [0.05, 0.1) is 25.4 Å². The highest BCUT2D eigenvalue weighted by Gasteiger charge is 2.20. The number of carbonyl (C=O) groups is 2. The van der Waals surface area contributed by atoms with Crippen LogP contribution in [-0.2, 0) is 14.3 Å². The molecule has 3 N–H and O–H groups in total. The minimum absolute atomic E-state index is 0.0154. The molecular weight excluding hydrogens is 1040 g/mol. The molecule has 85 heavy (non-hydrogen) atoms. The highest BCUT2D eigenvalue weighted by Crippen LogP contribution is 2.20. The Bertz CT molecular complexity index is 1330. The largest absolute Gasteiger partial charge is 0.466 e. The summed E-state index contributed by atoms with van der Waals surface area (Å²) in [7, 11) is 0. The van der Waals surface area contributed by atoms with Gasteiger partial charge in [-0.25, -0.2) is 0 Å². The van der Waals surface area contributed by atoms with Crippen molar-refractivity contribution in [3.8, 4) is 0 Å². The van der Waals surface area contributed by atoms with Gasteiger partial charge in [-0.05, 0) is 57.8 Å². The Morgan fingerprint density at radius 3 is 0.894 bits per heavy atom. The van der Waals surface area contributed by atoms with Crippen LogP contribution in [0, 0.1) is 0 Å². The van der Waals surface area contributed by atoms with Gasteiger partial charge in [0.25, 0.3) is 0 Å². The first kappa shape index (κ1) is 83.3. The summed E-state index contributed by atoms with van der Waals surface area (Å²) in [5, 5.41) is 23.5. The smallest absolute Gasteiger partial charge is 0.305 e. The lowest BCUT2D eigenvalue weighted by Gasteiger charge is -2.22. The molecule has 504 valence electrons. The molecular formula is C79H153NO5. The summed E-state index contributed by atoms with van der Waals surface area (Å²) < 4.78 is 5.49. The minimum atomic E-state index is -0.667. The Hall–Kier alpha value is -1.66. The summed E-state index contributed by atoms with van der Waals surface area (Å²) in [5.74, 6) is -0.0149.